The van der Waals surface area contributed by atoms with E-state index in [1.54, 1.807) is 24.3 Å². The zero-order chi connectivity index (χ0) is 21.4. The van der Waals surface area contributed by atoms with Crippen LogP contribution in [0.15, 0.2) is 30.3 Å². The molecule has 1 fully saturated rings. The van der Waals surface area contributed by atoms with Crippen molar-refractivity contribution in [3.05, 3.63) is 42.8 Å². The number of benzene rings is 1. The Morgan fingerprint density at radius 3 is 2.28 bits per heavy atom. The van der Waals surface area contributed by atoms with Crippen LogP contribution in [0.2, 0.25) is 0 Å². The third-order valence-corrected chi connectivity index (χ3v) is 7.81. The lowest BCUT2D eigenvalue weighted by molar-refractivity contribution is 0.0175. The molecule has 9 heteroatoms. The van der Waals surface area contributed by atoms with Crippen LogP contribution in [0, 0.1) is 12.3 Å². The van der Waals surface area contributed by atoms with E-state index in [4.69, 9.17) is 29.5 Å². The molecule has 1 saturated heterocycles. The van der Waals surface area contributed by atoms with Crippen LogP contribution in [0.1, 0.15) is 57.9 Å². The van der Waals surface area contributed by atoms with Crippen molar-refractivity contribution in [3.8, 4) is 0 Å². The van der Waals surface area contributed by atoms with E-state index in [1.807, 2.05) is 26.8 Å². The predicted molar refractivity (Wildman–Crippen MR) is 112 cm³/mol. The summed E-state index contributed by atoms with van der Waals surface area (Å²) in [5.74, 6) is -1.23. The molecule has 0 bridgehead atoms. The van der Waals surface area contributed by atoms with Crippen LogP contribution in [0.25, 0.3) is 0 Å². The number of unbranched alkanes of at least 4 members (excludes halogenated alkanes) is 2. The van der Waals surface area contributed by atoms with Gasteiger partial charge in [-0.05, 0) is 31.7 Å². The first-order chi connectivity index (χ1) is 13.7. The van der Waals surface area contributed by atoms with E-state index < -0.39 is 21.3 Å². The third-order valence-electron chi connectivity index (χ3n) is 4.22. The van der Waals surface area contributed by atoms with Gasteiger partial charge in [-0.1, -0.05) is 57.5 Å². The zero-order valence-electron chi connectivity index (χ0n) is 17.5. The highest BCUT2D eigenvalue weighted by Gasteiger charge is 2.48. The molecular weight excluding hydrogens is 414 g/mol. The summed E-state index contributed by atoms with van der Waals surface area (Å²) in [4.78, 5) is 0. The Labute approximate surface area is 174 Å². The summed E-state index contributed by atoms with van der Waals surface area (Å²) in [5, 5.41) is 0. The van der Waals surface area contributed by atoms with Gasteiger partial charge in [-0.3, -0.25) is 18.1 Å². The molecule has 1 heterocycles. The second-order valence-corrected chi connectivity index (χ2v) is 11.4. The minimum absolute atomic E-state index is 0.0977. The highest BCUT2D eigenvalue weighted by molar-refractivity contribution is 7.55. The number of hydrogen-bond donors (Lipinski definition) is 0. The molecule has 7 nitrogen and oxygen atoms in total. The van der Waals surface area contributed by atoms with E-state index in [1.165, 1.54) is 0 Å². The molecule has 164 valence electrons. The molecule has 1 aromatic carbocycles. The lowest BCUT2D eigenvalue weighted by Gasteiger charge is -2.37. The minimum Gasteiger partial charge on any atom is -0.306 e. The molecule has 2 radical (unpaired) electrons. The molecule has 0 saturated carbocycles. The van der Waals surface area contributed by atoms with Crippen LogP contribution >= 0.6 is 15.4 Å². The van der Waals surface area contributed by atoms with Crippen molar-refractivity contribution in [1.29, 1.82) is 0 Å². The molecule has 2 unspecified atom stereocenters. The van der Waals surface area contributed by atoms with Crippen molar-refractivity contribution < 1.29 is 31.7 Å². The Hall–Kier alpha value is -0.520. The Morgan fingerprint density at radius 2 is 1.72 bits per heavy atom. The van der Waals surface area contributed by atoms with E-state index in [2.05, 4.69) is 0 Å². The second kappa shape index (κ2) is 11.2. The monoisotopic (exact) mass is 446 g/mol. The molecule has 0 aliphatic carbocycles. The van der Waals surface area contributed by atoms with E-state index in [0.717, 1.165) is 6.42 Å². The first kappa shape index (κ1) is 24.7. The van der Waals surface area contributed by atoms with Gasteiger partial charge in [0.1, 0.15) is 0 Å². The third kappa shape index (κ3) is 7.59. The SMILES string of the molecule is [CH]CCCOP(=O)(OCCCC)OC(c1ccccc1)P1(=O)OCC(C)(C)CO1. The van der Waals surface area contributed by atoms with Crippen molar-refractivity contribution in [1.82, 2.24) is 0 Å². The fourth-order valence-corrected chi connectivity index (χ4v) is 6.48. The number of phosphoric ester groups is 1. The van der Waals surface area contributed by atoms with E-state index in [0.29, 0.717) is 24.8 Å². The van der Waals surface area contributed by atoms with Crippen molar-refractivity contribution >= 4 is 15.4 Å². The van der Waals surface area contributed by atoms with Gasteiger partial charge in [-0.25, -0.2) is 4.57 Å². The van der Waals surface area contributed by atoms with Crippen LogP contribution in [-0.2, 0) is 31.7 Å². The predicted octanol–water partition coefficient (Wildman–Crippen LogP) is 6.40. The summed E-state index contributed by atoms with van der Waals surface area (Å²) in [7, 11) is -7.81. The fraction of sp³-hybridized carbons (Fsp3) is 0.650. The second-order valence-electron chi connectivity index (χ2n) is 7.73. The average Bonchev–Trinajstić information content (AvgIpc) is 2.70. The van der Waals surface area contributed by atoms with Crippen molar-refractivity contribution in [2.24, 2.45) is 5.41 Å². The Balaban J connectivity index is 2.28. The van der Waals surface area contributed by atoms with Gasteiger partial charge in [0.15, 0.2) is 5.85 Å². The Kier molecular flexibility index (Phi) is 9.56. The summed E-state index contributed by atoms with van der Waals surface area (Å²) in [6.45, 7) is 12.1. The van der Waals surface area contributed by atoms with Gasteiger partial charge in [0.2, 0.25) is 0 Å². The van der Waals surface area contributed by atoms with E-state index in [9.17, 15) is 9.13 Å². The fourth-order valence-electron chi connectivity index (χ4n) is 2.46. The topological polar surface area (TPSA) is 80.3 Å². The largest absolute Gasteiger partial charge is 0.476 e. The van der Waals surface area contributed by atoms with Crippen LogP contribution in [0.4, 0.5) is 0 Å². The maximum atomic E-state index is 13.5. The van der Waals surface area contributed by atoms with Gasteiger partial charge < -0.3 is 9.05 Å². The summed E-state index contributed by atoms with van der Waals surface area (Å²) in [5.41, 5.74) is 0.228. The first-order valence-electron chi connectivity index (χ1n) is 9.95. The highest BCUT2D eigenvalue weighted by atomic mass is 31.2. The molecule has 1 aliphatic rings. The van der Waals surface area contributed by atoms with Crippen molar-refractivity contribution in [3.63, 3.8) is 0 Å². The van der Waals surface area contributed by atoms with Crippen molar-refractivity contribution in [2.45, 2.75) is 52.3 Å². The van der Waals surface area contributed by atoms with Gasteiger partial charge in [-0.15, -0.1) is 0 Å². The molecule has 0 N–H and O–H groups in total. The quantitative estimate of drug-likeness (QED) is 0.271. The Bertz CT molecular complexity index is 680. The van der Waals surface area contributed by atoms with Gasteiger partial charge in [0.25, 0.3) is 0 Å². The van der Waals surface area contributed by atoms with Crippen LogP contribution in [0.3, 0.4) is 0 Å². The molecule has 2 rings (SSSR count). The summed E-state index contributed by atoms with van der Waals surface area (Å²) in [6.07, 6.45) is 2.39. The molecule has 0 amide bonds. The minimum atomic E-state index is -4.03. The van der Waals surface area contributed by atoms with Gasteiger partial charge in [0.05, 0.1) is 26.4 Å². The first-order valence-corrected chi connectivity index (χ1v) is 13.0. The molecule has 29 heavy (non-hydrogen) atoms. The summed E-state index contributed by atoms with van der Waals surface area (Å²) < 4.78 is 54.9. The number of rotatable bonds is 12. The van der Waals surface area contributed by atoms with Gasteiger partial charge >= 0.3 is 15.4 Å². The maximum Gasteiger partial charge on any atom is 0.476 e. The van der Waals surface area contributed by atoms with E-state index >= 15 is 0 Å². The molecule has 0 spiro atoms. The highest BCUT2D eigenvalue weighted by Crippen LogP contribution is 2.69. The van der Waals surface area contributed by atoms with Gasteiger partial charge in [-0.2, -0.15) is 0 Å². The molecule has 2 atom stereocenters. The lowest BCUT2D eigenvalue weighted by atomic mass is 9.97. The van der Waals surface area contributed by atoms with Gasteiger partial charge in [0, 0.05) is 5.41 Å². The summed E-state index contributed by atoms with van der Waals surface area (Å²) >= 11 is 0. The summed E-state index contributed by atoms with van der Waals surface area (Å²) in [6, 6.07) is 8.78. The molecule has 1 aliphatic heterocycles. The number of phosphoric acid groups is 1. The lowest BCUT2D eigenvalue weighted by Crippen LogP contribution is -2.31. The van der Waals surface area contributed by atoms with Crippen LogP contribution < -0.4 is 0 Å². The maximum absolute atomic E-state index is 13.5. The number of hydrogen-bond acceptors (Lipinski definition) is 7. The smallest absolute Gasteiger partial charge is 0.306 e. The standard InChI is InChI=1S/C20H32O7P2/c1-5-7-14-23-29(22,24-15-8-6-2)27-19(18-12-10-9-11-13-18)28(21)25-16-20(3,4)17-26-28/h1,9-13,19H,5-8,14-17H2,2-4H3. The zero-order valence-corrected chi connectivity index (χ0v) is 19.2. The molecule has 1 aromatic rings. The van der Waals surface area contributed by atoms with E-state index in [-0.39, 0.29) is 31.8 Å². The normalized spacial score (nSPS) is 19.7. The molecule has 0 aromatic heterocycles. The van der Waals surface area contributed by atoms with Crippen LogP contribution in [0.5, 0.6) is 0 Å². The van der Waals surface area contributed by atoms with Crippen LogP contribution in [-0.4, -0.2) is 26.4 Å². The average molecular weight is 446 g/mol. The van der Waals surface area contributed by atoms with Crippen molar-refractivity contribution in [2.75, 3.05) is 26.4 Å². The Morgan fingerprint density at radius 1 is 1.14 bits per heavy atom. The molecular formula is C20H32O7P2.